The first-order valence-electron chi connectivity index (χ1n) is 4.63. The van der Waals surface area contributed by atoms with Crippen molar-refractivity contribution in [1.29, 1.82) is 0 Å². The minimum Gasteiger partial charge on any atom is -0.494 e. The third-order valence-electron chi connectivity index (χ3n) is 2.33. The summed E-state index contributed by atoms with van der Waals surface area (Å²) in [5.41, 5.74) is -0.668. The molecular weight excluding hydrogens is 233 g/mol. The SMILES string of the molecule is COc1cc(C(C)C(=O)O)c([N+](=O)[O-])cc1F. The molecule has 0 saturated heterocycles. The van der Waals surface area contributed by atoms with E-state index in [0.29, 0.717) is 6.07 Å². The van der Waals surface area contributed by atoms with Gasteiger partial charge >= 0.3 is 5.97 Å². The second-order valence-electron chi connectivity index (χ2n) is 3.36. The molecule has 0 fully saturated rings. The highest BCUT2D eigenvalue weighted by Crippen LogP contribution is 2.32. The summed E-state index contributed by atoms with van der Waals surface area (Å²) < 4.78 is 17.9. The molecule has 0 aliphatic rings. The molecule has 1 aromatic rings. The molecule has 92 valence electrons. The predicted octanol–water partition coefficient (Wildman–Crippen LogP) is 1.93. The molecule has 1 rings (SSSR count). The lowest BCUT2D eigenvalue weighted by atomic mass is 9.99. The minimum absolute atomic E-state index is 0.0965. The van der Waals surface area contributed by atoms with Gasteiger partial charge in [0.15, 0.2) is 11.6 Å². The zero-order valence-corrected chi connectivity index (χ0v) is 9.14. The van der Waals surface area contributed by atoms with Crippen LogP contribution < -0.4 is 4.74 Å². The number of carboxylic acid groups (broad SMARTS) is 1. The molecule has 0 aliphatic heterocycles. The Morgan fingerprint density at radius 1 is 1.59 bits per heavy atom. The summed E-state index contributed by atoms with van der Waals surface area (Å²) in [5.74, 6) is -3.48. The van der Waals surface area contributed by atoms with E-state index in [1.54, 1.807) is 0 Å². The van der Waals surface area contributed by atoms with Gasteiger partial charge in [-0.05, 0) is 13.0 Å². The third-order valence-corrected chi connectivity index (χ3v) is 2.33. The molecule has 0 amide bonds. The molecule has 1 atom stereocenters. The van der Waals surface area contributed by atoms with E-state index in [0.717, 1.165) is 6.07 Å². The number of halogens is 1. The van der Waals surface area contributed by atoms with E-state index < -0.39 is 28.3 Å². The lowest BCUT2D eigenvalue weighted by molar-refractivity contribution is -0.385. The van der Waals surface area contributed by atoms with Gasteiger partial charge in [0.2, 0.25) is 0 Å². The van der Waals surface area contributed by atoms with Crippen molar-refractivity contribution in [3.8, 4) is 5.75 Å². The second kappa shape index (κ2) is 4.77. The Hall–Kier alpha value is -2.18. The largest absolute Gasteiger partial charge is 0.494 e. The van der Waals surface area contributed by atoms with Crippen LogP contribution in [0.2, 0.25) is 0 Å². The topological polar surface area (TPSA) is 89.7 Å². The number of rotatable bonds is 4. The Kier molecular flexibility index (Phi) is 3.62. The van der Waals surface area contributed by atoms with Gasteiger partial charge in [0.05, 0.1) is 24.0 Å². The first-order chi connectivity index (χ1) is 7.88. The highest BCUT2D eigenvalue weighted by atomic mass is 19.1. The number of hydrogen-bond donors (Lipinski definition) is 1. The van der Waals surface area contributed by atoms with Crippen molar-refractivity contribution in [2.24, 2.45) is 0 Å². The number of carbonyl (C=O) groups is 1. The summed E-state index contributed by atoms with van der Waals surface area (Å²) in [7, 11) is 1.19. The van der Waals surface area contributed by atoms with Crippen LogP contribution in [-0.2, 0) is 4.79 Å². The zero-order valence-electron chi connectivity index (χ0n) is 9.14. The van der Waals surface area contributed by atoms with E-state index in [-0.39, 0.29) is 11.3 Å². The number of ether oxygens (including phenoxy) is 1. The second-order valence-corrected chi connectivity index (χ2v) is 3.36. The molecule has 0 saturated carbocycles. The molecular formula is C10H10FNO5. The minimum atomic E-state index is -1.23. The van der Waals surface area contributed by atoms with Crippen LogP contribution in [0.1, 0.15) is 18.4 Å². The number of hydrogen-bond acceptors (Lipinski definition) is 4. The highest BCUT2D eigenvalue weighted by molar-refractivity contribution is 5.77. The van der Waals surface area contributed by atoms with E-state index in [4.69, 9.17) is 5.11 Å². The van der Waals surface area contributed by atoms with Crippen LogP contribution in [0.4, 0.5) is 10.1 Å². The maximum absolute atomic E-state index is 13.3. The summed E-state index contributed by atoms with van der Waals surface area (Å²) in [6, 6.07) is 1.69. The van der Waals surface area contributed by atoms with Crippen LogP contribution in [0.5, 0.6) is 5.75 Å². The Bertz CT molecular complexity index is 474. The maximum Gasteiger partial charge on any atom is 0.310 e. The fraction of sp³-hybridized carbons (Fsp3) is 0.300. The van der Waals surface area contributed by atoms with Gasteiger partial charge in [0.1, 0.15) is 0 Å². The lowest BCUT2D eigenvalue weighted by Crippen LogP contribution is -2.10. The maximum atomic E-state index is 13.3. The average Bonchev–Trinajstić information content (AvgIpc) is 2.27. The summed E-state index contributed by atoms with van der Waals surface area (Å²) >= 11 is 0. The molecule has 1 aromatic carbocycles. The highest BCUT2D eigenvalue weighted by Gasteiger charge is 2.26. The van der Waals surface area contributed by atoms with Crippen LogP contribution in [0.25, 0.3) is 0 Å². The van der Waals surface area contributed by atoms with Gasteiger partial charge in [-0.15, -0.1) is 0 Å². The molecule has 6 nitrogen and oxygen atoms in total. The lowest BCUT2D eigenvalue weighted by Gasteiger charge is -2.10. The smallest absolute Gasteiger partial charge is 0.310 e. The quantitative estimate of drug-likeness (QED) is 0.644. The van der Waals surface area contributed by atoms with Gasteiger partial charge in [0.25, 0.3) is 5.69 Å². The van der Waals surface area contributed by atoms with Gasteiger partial charge in [-0.3, -0.25) is 14.9 Å². The molecule has 1 N–H and O–H groups in total. The van der Waals surface area contributed by atoms with Crippen molar-refractivity contribution in [2.75, 3.05) is 7.11 Å². The van der Waals surface area contributed by atoms with E-state index in [9.17, 15) is 19.3 Å². The fourth-order valence-electron chi connectivity index (χ4n) is 1.35. The zero-order chi connectivity index (χ0) is 13.2. The van der Waals surface area contributed by atoms with Crippen LogP contribution in [0.3, 0.4) is 0 Å². The molecule has 17 heavy (non-hydrogen) atoms. The predicted molar refractivity (Wildman–Crippen MR) is 55.7 cm³/mol. The van der Waals surface area contributed by atoms with Crippen molar-refractivity contribution in [3.63, 3.8) is 0 Å². The number of methoxy groups -OCH3 is 1. The van der Waals surface area contributed by atoms with Gasteiger partial charge in [-0.1, -0.05) is 0 Å². The van der Waals surface area contributed by atoms with E-state index in [2.05, 4.69) is 4.74 Å². The summed E-state index contributed by atoms with van der Waals surface area (Å²) in [4.78, 5) is 20.7. The number of nitro groups is 1. The number of nitro benzene ring substituents is 1. The van der Waals surface area contributed by atoms with Crippen LogP contribution >= 0.6 is 0 Å². The van der Waals surface area contributed by atoms with E-state index in [1.807, 2.05) is 0 Å². The summed E-state index contributed by atoms with van der Waals surface area (Å²) in [6.45, 7) is 1.28. The number of nitrogens with zero attached hydrogens (tertiary/aromatic N) is 1. The first kappa shape index (κ1) is 12.9. The van der Waals surface area contributed by atoms with Crippen molar-refractivity contribution in [2.45, 2.75) is 12.8 Å². The van der Waals surface area contributed by atoms with Crippen molar-refractivity contribution in [3.05, 3.63) is 33.6 Å². The normalized spacial score (nSPS) is 11.9. The Labute approximate surface area is 95.8 Å². The third kappa shape index (κ3) is 2.49. The number of benzene rings is 1. The Morgan fingerprint density at radius 2 is 2.18 bits per heavy atom. The monoisotopic (exact) mass is 243 g/mol. The molecule has 1 unspecified atom stereocenters. The standard InChI is InChI=1S/C10H10FNO5/c1-5(10(13)14)6-3-9(17-2)7(11)4-8(6)12(15)16/h3-5H,1-2H3,(H,13,14). The molecule has 7 heteroatoms. The van der Waals surface area contributed by atoms with Gasteiger partial charge in [-0.25, -0.2) is 4.39 Å². The van der Waals surface area contributed by atoms with Crippen molar-refractivity contribution >= 4 is 11.7 Å². The van der Waals surface area contributed by atoms with Crippen LogP contribution in [-0.4, -0.2) is 23.1 Å². The Morgan fingerprint density at radius 3 is 2.59 bits per heavy atom. The van der Waals surface area contributed by atoms with Gasteiger partial charge in [-0.2, -0.15) is 0 Å². The van der Waals surface area contributed by atoms with Crippen molar-refractivity contribution in [1.82, 2.24) is 0 Å². The molecule has 0 radical (unpaired) electrons. The fourth-order valence-corrected chi connectivity index (χ4v) is 1.35. The summed E-state index contributed by atoms with van der Waals surface area (Å²) in [6.07, 6.45) is 0. The van der Waals surface area contributed by atoms with Gasteiger partial charge < -0.3 is 9.84 Å². The van der Waals surface area contributed by atoms with Crippen LogP contribution in [0, 0.1) is 15.9 Å². The first-order valence-corrected chi connectivity index (χ1v) is 4.63. The van der Waals surface area contributed by atoms with Crippen molar-refractivity contribution < 1.29 is 24.0 Å². The van der Waals surface area contributed by atoms with Gasteiger partial charge in [0, 0.05) is 5.56 Å². The molecule has 0 bridgehead atoms. The average molecular weight is 243 g/mol. The molecule has 0 heterocycles. The molecule has 0 spiro atoms. The van der Waals surface area contributed by atoms with E-state index >= 15 is 0 Å². The number of carboxylic acids is 1. The molecule has 0 aromatic heterocycles. The Balaban J connectivity index is 3.43. The summed E-state index contributed by atoms with van der Waals surface area (Å²) in [5, 5.41) is 19.5. The van der Waals surface area contributed by atoms with Crippen LogP contribution in [0.15, 0.2) is 12.1 Å². The van der Waals surface area contributed by atoms with E-state index in [1.165, 1.54) is 14.0 Å². The molecule has 0 aliphatic carbocycles. The number of aliphatic carboxylic acids is 1.